The maximum atomic E-state index is 11.0. The molecule has 1 rings (SSSR count). The number of rotatable bonds is 5. The molecule has 1 amide bonds. The predicted octanol–water partition coefficient (Wildman–Crippen LogP) is 0.906. The number of ether oxygens (including phenoxy) is 1. The predicted molar refractivity (Wildman–Crippen MR) is 58.9 cm³/mol. The van der Waals surface area contributed by atoms with Crippen LogP contribution in [0.2, 0.25) is 0 Å². The molecule has 1 aromatic carbocycles. The Morgan fingerprint density at radius 3 is 2.44 bits per heavy atom. The molecule has 8 heteroatoms. The van der Waals surface area contributed by atoms with Gasteiger partial charge in [0.25, 0.3) is 5.69 Å². The third-order valence-corrected chi connectivity index (χ3v) is 1.90. The minimum atomic E-state index is -1.18. The van der Waals surface area contributed by atoms with E-state index >= 15 is 0 Å². The zero-order valence-corrected chi connectivity index (χ0v) is 9.16. The van der Waals surface area contributed by atoms with Crippen LogP contribution in [-0.4, -0.2) is 28.6 Å². The highest BCUT2D eigenvalue weighted by Gasteiger charge is 2.07. The maximum absolute atomic E-state index is 11.0. The Hall–Kier alpha value is -2.64. The van der Waals surface area contributed by atoms with E-state index in [2.05, 4.69) is 0 Å². The van der Waals surface area contributed by atoms with Crippen LogP contribution < -0.4 is 5.32 Å². The average Bonchev–Trinajstić information content (AvgIpc) is 2.34. The second-order valence-electron chi connectivity index (χ2n) is 3.25. The highest BCUT2D eigenvalue weighted by Crippen LogP contribution is 2.12. The van der Waals surface area contributed by atoms with Crippen molar-refractivity contribution < 1.29 is 24.4 Å². The van der Waals surface area contributed by atoms with Gasteiger partial charge in [-0.3, -0.25) is 14.9 Å². The second-order valence-corrected chi connectivity index (χ2v) is 3.25. The van der Waals surface area contributed by atoms with Crippen LogP contribution in [0.3, 0.4) is 0 Å². The van der Waals surface area contributed by atoms with Gasteiger partial charge in [-0.2, -0.15) is 0 Å². The number of carbonyl (C=O) groups excluding carboxylic acids is 1. The summed E-state index contributed by atoms with van der Waals surface area (Å²) in [5.41, 5.74) is 0.500. The summed E-state index contributed by atoms with van der Waals surface area (Å²) in [4.78, 5) is 31.0. The Kier molecular flexibility index (Phi) is 4.61. The Balaban J connectivity index is 2.41. The molecule has 0 aromatic heterocycles. The summed E-state index contributed by atoms with van der Waals surface area (Å²) in [6.07, 6.45) is -0.865. The Labute approximate surface area is 101 Å². The Morgan fingerprint density at radius 1 is 1.33 bits per heavy atom. The van der Waals surface area contributed by atoms with E-state index in [9.17, 15) is 19.7 Å². The van der Waals surface area contributed by atoms with Crippen LogP contribution in [0.5, 0.6) is 0 Å². The summed E-state index contributed by atoms with van der Waals surface area (Å²) < 4.78 is 4.70. The van der Waals surface area contributed by atoms with Crippen molar-refractivity contribution in [2.45, 2.75) is 6.61 Å². The van der Waals surface area contributed by atoms with Crippen LogP contribution in [0.1, 0.15) is 5.56 Å². The van der Waals surface area contributed by atoms with Crippen LogP contribution in [-0.2, 0) is 16.1 Å². The van der Waals surface area contributed by atoms with E-state index in [0.29, 0.717) is 5.56 Å². The first kappa shape index (κ1) is 13.4. The van der Waals surface area contributed by atoms with Crippen LogP contribution in [0.25, 0.3) is 0 Å². The van der Waals surface area contributed by atoms with Crippen LogP contribution >= 0.6 is 0 Å². The number of nitro benzene ring substituents is 1. The van der Waals surface area contributed by atoms with E-state index in [-0.39, 0.29) is 12.3 Å². The largest absolute Gasteiger partial charge is 0.480 e. The van der Waals surface area contributed by atoms with Crippen molar-refractivity contribution in [3.8, 4) is 0 Å². The number of nitrogens with one attached hydrogen (secondary N) is 1. The molecule has 0 aliphatic rings. The number of amides is 1. The zero-order chi connectivity index (χ0) is 13.5. The molecule has 0 fully saturated rings. The first-order valence-corrected chi connectivity index (χ1v) is 4.85. The molecule has 0 aliphatic heterocycles. The standard InChI is InChI=1S/C10H10N2O6/c13-9(14)5-11-10(15)18-6-7-1-3-8(4-2-7)12(16)17/h1-4H,5-6H2,(H,11,15)(H,13,14). The number of nitro groups is 1. The molecule has 0 saturated carbocycles. The normalized spacial score (nSPS) is 9.56. The summed E-state index contributed by atoms with van der Waals surface area (Å²) >= 11 is 0. The number of carbonyl (C=O) groups is 2. The number of alkyl carbamates (subject to hydrolysis) is 1. The van der Waals surface area contributed by atoms with Crippen molar-refractivity contribution in [1.29, 1.82) is 0 Å². The molecule has 0 radical (unpaired) electrons. The van der Waals surface area contributed by atoms with E-state index in [1.165, 1.54) is 24.3 Å². The van der Waals surface area contributed by atoms with Gasteiger partial charge < -0.3 is 15.2 Å². The van der Waals surface area contributed by atoms with E-state index < -0.39 is 23.5 Å². The monoisotopic (exact) mass is 254 g/mol. The fourth-order valence-electron chi connectivity index (χ4n) is 1.06. The van der Waals surface area contributed by atoms with Gasteiger partial charge in [0.2, 0.25) is 0 Å². The van der Waals surface area contributed by atoms with Gasteiger partial charge in [0.05, 0.1) is 4.92 Å². The van der Waals surface area contributed by atoms with Gasteiger partial charge in [0, 0.05) is 12.1 Å². The van der Waals surface area contributed by atoms with Crippen molar-refractivity contribution in [2.75, 3.05) is 6.54 Å². The number of hydrogen-bond donors (Lipinski definition) is 2. The third kappa shape index (κ3) is 4.47. The average molecular weight is 254 g/mol. The molecule has 18 heavy (non-hydrogen) atoms. The quantitative estimate of drug-likeness (QED) is 0.595. The summed E-state index contributed by atoms with van der Waals surface area (Å²) in [6, 6.07) is 5.47. The lowest BCUT2D eigenvalue weighted by molar-refractivity contribution is -0.384. The minimum absolute atomic E-state index is 0.0610. The van der Waals surface area contributed by atoms with Gasteiger partial charge in [-0.1, -0.05) is 0 Å². The van der Waals surface area contributed by atoms with Crippen molar-refractivity contribution in [1.82, 2.24) is 5.32 Å². The highest BCUT2D eigenvalue weighted by atomic mass is 16.6. The van der Waals surface area contributed by atoms with E-state index in [1.807, 2.05) is 5.32 Å². The van der Waals surface area contributed by atoms with E-state index in [1.54, 1.807) is 0 Å². The fourth-order valence-corrected chi connectivity index (χ4v) is 1.06. The molecular weight excluding hydrogens is 244 g/mol. The lowest BCUT2D eigenvalue weighted by Crippen LogP contribution is -2.29. The fraction of sp³-hybridized carbons (Fsp3) is 0.200. The summed E-state index contributed by atoms with van der Waals surface area (Å²) in [5, 5.41) is 20.7. The molecule has 8 nitrogen and oxygen atoms in total. The molecule has 2 N–H and O–H groups in total. The highest BCUT2D eigenvalue weighted by molar-refractivity contribution is 5.76. The molecule has 1 aromatic rings. The first-order valence-electron chi connectivity index (χ1n) is 4.85. The number of carboxylic acids is 1. The number of hydrogen-bond acceptors (Lipinski definition) is 5. The molecular formula is C10H10N2O6. The minimum Gasteiger partial charge on any atom is -0.480 e. The maximum Gasteiger partial charge on any atom is 0.407 e. The van der Waals surface area contributed by atoms with Crippen molar-refractivity contribution in [3.63, 3.8) is 0 Å². The molecule has 0 aliphatic carbocycles. The molecule has 0 bridgehead atoms. The van der Waals surface area contributed by atoms with Gasteiger partial charge in [0.1, 0.15) is 13.2 Å². The first-order chi connectivity index (χ1) is 8.49. The molecule has 0 unspecified atom stereocenters. The third-order valence-electron chi connectivity index (χ3n) is 1.90. The molecule has 0 saturated heterocycles. The Bertz CT molecular complexity index is 456. The van der Waals surface area contributed by atoms with Gasteiger partial charge in [-0.25, -0.2) is 4.79 Å². The van der Waals surface area contributed by atoms with Crippen LogP contribution in [0.15, 0.2) is 24.3 Å². The lowest BCUT2D eigenvalue weighted by atomic mass is 10.2. The summed E-state index contributed by atoms with van der Waals surface area (Å²) in [6.45, 7) is -0.622. The lowest BCUT2D eigenvalue weighted by Gasteiger charge is -2.05. The van der Waals surface area contributed by atoms with Gasteiger partial charge in [-0.15, -0.1) is 0 Å². The van der Waals surface area contributed by atoms with Crippen molar-refractivity contribution in [3.05, 3.63) is 39.9 Å². The molecule has 0 atom stereocenters. The van der Waals surface area contributed by atoms with Crippen molar-refractivity contribution in [2.24, 2.45) is 0 Å². The molecule has 0 heterocycles. The number of benzene rings is 1. The number of nitrogens with zero attached hydrogens (tertiary/aromatic N) is 1. The molecule has 96 valence electrons. The zero-order valence-electron chi connectivity index (χ0n) is 9.16. The van der Waals surface area contributed by atoms with Gasteiger partial charge in [0.15, 0.2) is 0 Å². The van der Waals surface area contributed by atoms with E-state index in [0.717, 1.165) is 0 Å². The smallest absolute Gasteiger partial charge is 0.407 e. The second kappa shape index (κ2) is 6.18. The van der Waals surface area contributed by atoms with E-state index in [4.69, 9.17) is 9.84 Å². The Morgan fingerprint density at radius 2 is 1.94 bits per heavy atom. The topological polar surface area (TPSA) is 119 Å². The number of non-ortho nitro benzene ring substituents is 1. The van der Waals surface area contributed by atoms with Gasteiger partial charge in [-0.05, 0) is 17.7 Å². The number of aliphatic carboxylic acids is 1. The summed E-state index contributed by atoms with van der Waals surface area (Å²) in [5.74, 6) is -1.18. The van der Waals surface area contributed by atoms with Crippen LogP contribution in [0.4, 0.5) is 10.5 Å². The van der Waals surface area contributed by atoms with Crippen LogP contribution in [0, 0.1) is 10.1 Å². The number of carboxylic acid groups (broad SMARTS) is 1. The van der Waals surface area contributed by atoms with Gasteiger partial charge >= 0.3 is 12.1 Å². The van der Waals surface area contributed by atoms with Crippen molar-refractivity contribution >= 4 is 17.7 Å². The summed E-state index contributed by atoms with van der Waals surface area (Å²) in [7, 11) is 0. The SMILES string of the molecule is O=C(O)CNC(=O)OCc1ccc([N+](=O)[O-])cc1. The molecule has 0 spiro atoms.